The Labute approximate surface area is 127 Å². The van der Waals surface area contributed by atoms with Gasteiger partial charge in [0.05, 0.1) is 16.7 Å². The number of nitrogens with zero attached hydrogens (tertiary/aromatic N) is 1. The maximum absolute atomic E-state index is 12.4. The summed E-state index contributed by atoms with van der Waals surface area (Å²) in [5, 5.41) is 8.09. The fourth-order valence-electron chi connectivity index (χ4n) is 2.67. The fourth-order valence-corrected chi connectivity index (χ4v) is 3.52. The smallest absolute Gasteiger partial charge is 0.313 e. The van der Waals surface area contributed by atoms with Gasteiger partial charge in [-0.15, -0.1) is 11.8 Å². The van der Waals surface area contributed by atoms with Crippen LogP contribution in [0.5, 0.6) is 0 Å². The van der Waals surface area contributed by atoms with Crippen LogP contribution in [0, 0.1) is 20.8 Å². The lowest BCUT2D eigenvalue weighted by Crippen LogP contribution is -2.32. The van der Waals surface area contributed by atoms with Crippen LogP contribution >= 0.6 is 11.8 Å². The summed E-state index contributed by atoms with van der Waals surface area (Å²) in [6.45, 7) is 5.70. The van der Waals surface area contributed by atoms with Crippen LogP contribution in [0.4, 0.5) is 5.69 Å². The molecule has 5 nitrogen and oxygen atoms in total. The molecule has 1 unspecified atom stereocenters. The second-order valence-electron chi connectivity index (χ2n) is 5.21. The van der Waals surface area contributed by atoms with Crippen molar-refractivity contribution >= 4 is 35.2 Å². The quantitative estimate of drug-likeness (QED) is 0.862. The lowest BCUT2D eigenvalue weighted by Gasteiger charge is -2.20. The third-order valence-electron chi connectivity index (χ3n) is 3.37. The molecule has 2 amide bonds. The molecule has 1 N–H and O–H groups in total. The molecule has 21 heavy (non-hydrogen) atoms. The second-order valence-corrected chi connectivity index (χ2v) is 6.40. The lowest BCUT2D eigenvalue weighted by molar-refractivity contribution is -0.134. The van der Waals surface area contributed by atoms with Gasteiger partial charge in [0.15, 0.2) is 0 Å². The molecule has 1 fully saturated rings. The van der Waals surface area contributed by atoms with Crippen molar-refractivity contribution in [3.63, 3.8) is 0 Å². The third kappa shape index (κ3) is 3.10. The normalized spacial score (nSPS) is 18.4. The molecule has 1 aromatic rings. The van der Waals surface area contributed by atoms with Crippen molar-refractivity contribution in [3.8, 4) is 0 Å². The van der Waals surface area contributed by atoms with E-state index in [1.807, 2.05) is 32.9 Å². The maximum Gasteiger partial charge on any atom is 0.313 e. The first-order chi connectivity index (χ1) is 9.81. The molecule has 0 aromatic heterocycles. The van der Waals surface area contributed by atoms with Crippen LogP contribution < -0.4 is 4.90 Å². The highest BCUT2D eigenvalue weighted by Crippen LogP contribution is 2.34. The molecule has 0 saturated carbocycles. The Morgan fingerprint density at radius 2 is 1.86 bits per heavy atom. The van der Waals surface area contributed by atoms with Crippen molar-refractivity contribution in [2.75, 3.05) is 10.7 Å². The summed E-state index contributed by atoms with van der Waals surface area (Å²) in [4.78, 5) is 36.4. The summed E-state index contributed by atoms with van der Waals surface area (Å²) in [5.74, 6) is -1.75. The van der Waals surface area contributed by atoms with E-state index in [0.29, 0.717) is 5.69 Å². The highest BCUT2D eigenvalue weighted by molar-refractivity contribution is 8.01. The van der Waals surface area contributed by atoms with E-state index in [4.69, 9.17) is 5.11 Å². The molecule has 1 heterocycles. The number of hydrogen-bond acceptors (Lipinski definition) is 4. The number of carbonyl (C=O) groups excluding carboxylic acids is 2. The van der Waals surface area contributed by atoms with E-state index in [2.05, 4.69) is 0 Å². The molecule has 1 saturated heterocycles. The molecule has 6 heteroatoms. The van der Waals surface area contributed by atoms with Crippen LogP contribution in [0.15, 0.2) is 12.1 Å². The van der Waals surface area contributed by atoms with Gasteiger partial charge in [0, 0.05) is 6.42 Å². The monoisotopic (exact) mass is 307 g/mol. The maximum atomic E-state index is 12.4. The van der Waals surface area contributed by atoms with Crippen LogP contribution in [0.1, 0.15) is 23.1 Å². The number of carbonyl (C=O) groups is 3. The average Bonchev–Trinajstić information content (AvgIpc) is 2.63. The summed E-state index contributed by atoms with van der Waals surface area (Å²) in [6.07, 6.45) is 0.0591. The van der Waals surface area contributed by atoms with Gasteiger partial charge < -0.3 is 5.11 Å². The number of hydrogen-bond donors (Lipinski definition) is 1. The Kier molecular flexibility index (Phi) is 4.37. The molecule has 1 aliphatic rings. The van der Waals surface area contributed by atoms with E-state index in [0.717, 1.165) is 28.5 Å². The summed E-state index contributed by atoms with van der Waals surface area (Å²) in [7, 11) is 0. The standard InChI is InChI=1S/C15H17NO4S/c1-8-4-9(2)14(10(3)5-8)16-12(17)6-11(15(16)20)21-7-13(18)19/h4-5,11H,6-7H2,1-3H3,(H,18,19). The highest BCUT2D eigenvalue weighted by Gasteiger charge is 2.41. The zero-order valence-electron chi connectivity index (χ0n) is 12.2. The van der Waals surface area contributed by atoms with Gasteiger partial charge >= 0.3 is 5.97 Å². The van der Waals surface area contributed by atoms with Crippen molar-refractivity contribution in [1.82, 2.24) is 0 Å². The number of aliphatic carboxylic acids is 1. The van der Waals surface area contributed by atoms with E-state index < -0.39 is 11.2 Å². The Morgan fingerprint density at radius 3 is 2.38 bits per heavy atom. The van der Waals surface area contributed by atoms with Crippen molar-refractivity contribution in [2.24, 2.45) is 0 Å². The van der Waals surface area contributed by atoms with Gasteiger partial charge in [-0.3, -0.25) is 14.4 Å². The summed E-state index contributed by atoms with van der Waals surface area (Å²) >= 11 is 1.01. The Hall–Kier alpha value is -1.82. The molecule has 1 aliphatic heterocycles. The molecule has 2 rings (SSSR count). The van der Waals surface area contributed by atoms with E-state index in [-0.39, 0.29) is 24.0 Å². The number of benzene rings is 1. The van der Waals surface area contributed by atoms with E-state index in [1.54, 1.807) is 0 Å². The molecule has 0 radical (unpaired) electrons. The van der Waals surface area contributed by atoms with Crippen molar-refractivity contribution in [1.29, 1.82) is 0 Å². The summed E-state index contributed by atoms with van der Waals surface area (Å²) < 4.78 is 0. The average molecular weight is 307 g/mol. The lowest BCUT2D eigenvalue weighted by atomic mass is 10.0. The number of carboxylic acid groups (broad SMARTS) is 1. The van der Waals surface area contributed by atoms with Gasteiger partial charge in [0.25, 0.3) is 0 Å². The minimum Gasteiger partial charge on any atom is -0.481 e. The van der Waals surface area contributed by atoms with Crippen LogP contribution in [0.2, 0.25) is 0 Å². The Morgan fingerprint density at radius 1 is 1.29 bits per heavy atom. The van der Waals surface area contributed by atoms with Crippen molar-refractivity contribution < 1.29 is 19.5 Å². The first-order valence-electron chi connectivity index (χ1n) is 6.59. The van der Waals surface area contributed by atoms with Crippen molar-refractivity contribution in [3.05, 3.63) is 28.8 Å². The molecule has 0 spiro atoms. The number of rotatable bonds is 4. The number of amides is 2. The number of thioether (sulfide) groups is 1. The summed E-state index contributed by atoms with van der Waals surface area (Å²) in [5.41, 5.74) is 3.45. The molecule has 0 bridgehead atoms. The van der Waals surface area contributed by atoms with Gasteiger partial charge in [-0.25, -0.2) is 4.90 Å². The molecule has 1 aromatic carbocycles. The highest BCUT2D eigenvalue weighted by atomic mass is 32.2. The van der Waals surface area contributed by atoms with Crippen molar-refractivity contribution in [2.45, 2.75) is 32.4 Å². The van der Waals surface area contributed by atoms with Gasteiger partial charge in [-0.2, -0.15) is 0 Å². The number of imide groups is 1. The summed E-state index contributed by atoms with van der Waals surface area (Å²) in [6, 6.07) is 3.86. The number of carboxylic acids is 1. The van der Waals surface area contributed by atoms with Gasteiger partial charge in [0.2, 0.25) is 11.8 Å². The first-order valence-corrected chi connectivity index (χ1v) is 7.64. The van der Waals surface area contributed by atoms with Crippen LogP contribution in [0.25, 0.3) is 0 Å². The zero-order chi connectivity index (χ0) is 15.7. The second kappa shape index (κ2) is 5.89. The van der Waals surface area contributed by atoms with E-state index in [9.17, 15) is 14.4 Å². The zero-order valence-corrected chi connectivity index (χ0v) is 13.0. The third-order valence-corrected chi connectivity index (χ3v) is 4.56. The molecule has 112 valence electrons. The van der Waals surface area contributed by atoms with Crippen LogP contribution in [-0.2, 0) is 14.4 Å². The molecule has 1 atom stereocenters. The van der Waals surface area contributed by atoms with E-state index >= 15 is 0 Å². The predicted molar refractivity (Wildman–Crippen MR) is 81.6 cm³/mol. The van der Waals surface area contributed by atoms with Gasteiger partial charge in [-0.05, 0) is 31.9 Å². The fraction of sp³-hybridized carbons (Fsp3) is 0.400. The first kappa shape index (κ1) is 15.6. The van der Waals surface area contributed by atoms with Crippen LogP contribution in [0.3, 0.4) is 0 Å². The van der Waals surface area contributed by atoms with Gasteiger partial charge in [0.1, 0.15) is 0 Å². The SMILES string of the molecule is Cc1cc(C)c(N2C(=O)CC(SCC(=O)O)C2=O)c(C)c1. The largest absolute Gasteiger partial charge is 0.481 e. The minimum absolute atomic E-state index is 0.0591. The van der Waals surface area contributed by atoms with Crippen LogP contribution in [-0.4, -0.2) is 33.9 Å². The minimum atomic E-state index is -0.985. The number of anilines is 1. The molecular formula is C15H17NO4S. The molecular weight excluding hydrogens is 290 g/mol. The predicted octanol–water partition coefficient (Wildman–Crippen LogP) is 2.06. The van der Waals surface area contributed by atoms with Gasteiger partial charge in [-0.1, -0.05) is 17.7 Å². The Balaban J connectivity index is 2.31. The number of aryl methyl sites for hydroxylation is 3. The topological polar surface area (TPSA) is 74.7 Å². The molecule has 0 aliphatic carbocycles. The Bertz CT molecular complexity index is 603. The van der Waals surface area contributed by atoms with E-state index in [1.165, 1.54) is 4.90 Å².